The van der Waals surface area contributed by atoms with Crippen LogP contribution in [0.5, 0.6) is 5.75 Å². The minimum absolute atomic E-state index is 0.0539. The molecule has 0 radical (unpaired) electrons. The third-order valence-electron chi connectivity index (χ3n) is 7.62. The summed E-state index contributed by atoms with van der Waals surface area (Å²) in [5.41, 5.74) is 0.629. The molecule has 3 atom stereocenters. The maximum Gasteiger partial charge on any atom is 0.326 e. The SMILES string of the molecule is CCCCCCC(=O)CCCCCC/C=C/[C@H](C(=O)N[C@@H](Cc1ccc(OCCC(C)C)cc1)C(=O)O)[C@@H](CC(=O)O)C(=O)O. The van der Waals surface area contributed by atoms with Gasteiger partial charge in [-0.05, 0) is 55.7 Å². The lowest BCUT2D eigenvalue weighted by Crippen LogP contribution is -2.47. The van der Waals surface area contributed by atoms with E-state index >= 15 is 0 Å². The highest BCUT2D eigenvalue weighted by atomic mass is 16.5. The molecule has 10 nitrogen and oxygen atoms in total. The summed E-state index contributed by atoms with van der Waals surface area (Å²) in [6.07, 6.45) is 12.4. The first-order chi connectivity index (χ1) is 21.4. The Bertz CT molecular complexity index is 1080. The summed E-state index contributed by atoms with van der Waals surface area (Å²) < 4.78 is 5.69. The molecule has 0 saturated heterocycles. The highest BCUT2D eigenvalue weighted by Gasteiger charge is 2.35. The third-order valence-corrected chi connectivity index (χ3v) is 7.62. The predicted octanol–water partition coefficient (Wildman–Crippen LogP) is 6.45. The van der Waals surface area contributed by atoms with Crippen molar-refractivity contribution in [2.45, 2.75) is 117 Å². The second-order valence-electron chi connectivity index (χ2n) is 12.1. The summed E-state index contributed by atoms with van der Waals surface area (Å²) in [4.78, 5) is 60.6. The molecule has 0 aliphatic heterocycles. The normalized spacial score (nSPS) is 13.3. The Hall–Kier alpha value is -3.69. The molecule has 0 aromatic heterocycles. The van der Waals surface area contributed by atoms with Gasteiger partial charge in [-0.25, -0.2) is 4.79 Å². The number of ether oxygens (including phenoxy) is 1. The van der Waals surface area contributed by atoms with Crippen molar-refractivity contribution >= 4 is 29.6 Å². The molecule has 4 N–H and O–H groups in total. The fraction of sp³-hybridized carbons (Fsp3) is 0.629. The van der Waals surface area contributed by atoms with Gasteiger partial charge in [0.05, 0.1) is 24.9 Å². The molecule has 0 bridgehead atoms. The zero-order valence-electron chi connectivity index (χ0n) is 27.2. The number of allylic oxidation sites excluding steroid dienone is 1. The molecule has 252 valence electrons. The summed E-state index contributed by atoms with van der Waals surface area (Å²) in [6, 6.07) is 5.51. The summed E-state index contributed by atoms with van der Waals surface area (Å²) in [5, 5.41) is 31.3. The fourth-order valence-electron chi connectivity index (χ4n) is 4.85. The number of carboxylic acids is 3. The quantitative estimate of drug-likeness (QED) is 0.0663. The number of hydrogen-bond donors (Lipinski definition) is 4. The monoisotopic (exact) mass is 631 g/mol. The highest BCUT2D eigenvalue weighted by Crippen LogP contribution is 2.21. The van der Waals surface area contributed by atoms with E-state index in [1.54, 1.807) is 30.3 Å². The lowest BCUT2D eigenvalue weighted by molar-refractivity contribution is -0.152. The van der Waals surface area contributed by atoms with E-state index in [9.17, 15) is 39.3 Å². The number of benzene rings is 1. The number of unbranched alkanes of at least 4 members (excludes halogenated alkanes) is 7. The van der Waals surface area contributed by atoms with Crippen LogP contribution >= 0.6 is 0 Å². The van der Waals surface area contributed by atoms with Crippen LogP contribution in [-0.2, 0) is 30.4 Å². The number of nitrogens with one attached hydrogen (secondary N) is 1. The van der Waals surface area contributed by atoms with Crippen molar-refractivity contribution in [1.82, 2.24) is 5.32 Å². The van der Waals surface area contributed by atoms with Crippen LogP contribution in [0.3, 0.4) is 0 Å². The third kappa shape index (κ3) is 18.0. The average Bonchev–Trinajstić information content (AvgIpc) is 2.97. The largest absolute Gasteiger partial charge is 0.494 e. The second-order valence-corrected chi connectivity index (χ2v) is 12.1. The summed E-state index contributed by atoms with van der Waals surface area (Å²) in [6.45, 7) is 6.88. The minimum Gasteiger partial charge on any atom is -0.494 e. The van der Waals surface area contributed by atoms with Crippen LogP contribution in [0.25, 0.3) is 0 Å². The van der Waals surface area contributed by atoms with E-state index in [0.29, 0.717) is 48.9 Å². The standard InChI is InChI=1S/C35H53NO9/c1-4-5-6-11-14-27(37)15-12-9-7-8-10-13-16-29(30(34(41)42)24-32(38)39)33(40)36-31(35(43)44)23-26-17-19-28(20-18-26)45-22-21-25(2)3/h13,16-20,25,29-31H,4-12,14-15,21-24H2,1-3H3,(H,36,40)(H,38,39)(H,41,42)(H,43,44)/b16-13+/t29-,30+,31-/m0/s1. The van der Waals surface area contributed by atoms with Crippen molar-refractivity contribution < 1.29 is 44.0 Å². The minimum atomic E-state index is -1.57. The van der Waals surface area contributed by atoms with Crippen molar-refractivity contribution in [2.75, 3.05) is 6.61 Å². The van der Waals surface area contributed by atoms with Gasteiger partial charge in [0.15, 0.2) is 0 Å². The topological polar surface area (TPSA) is 167 Å². The molecule has 0 aliphatic rings. The van der Waals surface area contributed by atoms with Crippen molar-refractivity contribution in [1.29, 1.82) is 0 Å². The van der Waals surface area contributed by atoms with Crippen LogP contribution in [-0.4, -0.2) is 57.6 Å². The number of carboxylic acid groups (broad SMARTS) is 3. The Morgan fingerprint density at radius 1 is 0.844 bits per heavy atom. The Morgan fingerprint density at radius 2 is 1.47 bits per heavy atom. The molecule has 1 amide bonds. The number of aliphatic carboxylic acids is 3. The molecule has 1 aromatic rings. The lowest BCUT2D eigenvalue weighted by Gasteiger charge is -2.22. The van der Waals surface area contributed by atoms with Crippen molar-refractivity contribution in [3.63, 3.8) is 0 Å². The molecule has 0 fully saturated rings. The van der Waals surface area contributed by atoms with Gasteiger partial charge in [-0.3, -0.25) is 19.2 Å². The summed E-state index contributed by atoms with van der Waals surface area (Å²) in [7, 11) is 0. The van der Waals surface area contributed by atoms with Gasteiger partial charge in [-0.1, -0.05) is 77.2 Å². The lowest BCUT2D eigenvalue weighted by atomic mass is 9.87. The van der Waals surface area contributed by atoms with E-state index < -0.39 is 48.1 Å². The number of amides is 1. The van der Waals surface area contributed by atoms with Gasteiger partial charge >= 0.3 is 17.9 Å². The van der Waals surface area contributed by atoms with E-state index in [0.717, 1.165) is 57.8 Å². The second kappa shape index (κ2) is 22.8. The maximum atomic E-state index is 13.2. The molecule has 10 heteroatoms. The Balaban J connectivity index is 2.77. The van der Waals surface area contributed by atoms with Gasteiger partial charge in [0.1, 0.15) is 17.6 Å². The van der Waals surface area contributed by atoms with Gasteiger partial charge in [0, 0.05) is 19.3 Å². The zero-order chi connectivity index (χ0) is 33.6. The van der Waals surface area contributed by atoms with Crippen molar-refractivity contribution in [3.05, 3.63) is 42.0 Å². The van der Waals surface area contributed by atoms with Gasteiger partial charge in [0.2, 0.25) is 5.91 Å². The van der Waals surface area contributed by atoms with E-state index in [4.69, 9.17) is 4.74 Å². The van der Waals surface area contributed by atoms with Gasteiger partial charge in [-0.2, -0.15) is 0 Å². The summed E-state index contributed by atoms with van der Waals surface area (Å²) >= 11 is 0. The predicted molar refractivity (Wildman–Crippen MR) is 172 cm³/mol. The molecule has 0 unspecified atom stereocenters. The number of hydrogen-bond acceptors (Lipinski definition) is 6. The Kier molecular flexibility index (Phi) is 19.9. The Morgan fingerprint density at radius 3 is 2.02 bits per heavy atom. The molecule has 0 heterocycles. The first-order valence-corrected chi connectivity index (χ1v) is 16.3. The Labute approximate surface area is 267 Å². The molecule has 0 aliphatic carbocycles. The van der Waals surface area contributed by atoms with Crippen LogP contribution in [0.4, 0.5) is 0 Å². The zero-order valence-corrected chi connectivity index (χ0v) is 27.2. The fourth-order valence-corrected chi connectivity index (χ4v) is 4.85. The van der Waals surface area contributed by atoms with E-state index in [1.165, 1.54) is 6.08 Å². The molecular formula is C35H53NO9. The molecule has 0 spiro atoms. The van der Waals surface area contributed by atoms with Crippen molar-refractivity contribution in [3.8, 4) is 5.75 Å². The van der Waals surface area contributed by atoms with Crippen LogP contribution in [0.2, 0.25) is 0 Å². The van der Waals surface area contributed by atoms with Crippen LogP contribution in [0, 0.1) is 17.8 Å². The summed E-state index contributed by atoms with van der Waals surface area (Å²) in [5.74, 6) is -6.50. The molecule has 1 aromatic carbocycles. The number of carbonyl (C=O) groups excluding carboxylic acids is 2. The molecular weight excluding hydrogens is 578 g/mol. The van der Waals surface area contributed by atoms with Gasteiger partial charge in [-0.15, -0.1) is 0 Å². The smallest absolute Gasteiger partial charge is 0.326 e. The van der Waals surface area contributed by atoms with Crippen LogP contribution in [0.15, 0.2) is 36.4 Å². The average molecular weight is 632 g/mol. The van der Waals surface area contributed by atoms with Gasteiger partial charge in [0.25, 0.3) is 0 Å². The van der Waals surface area contributed by atoms with Crippen LogP contribution in [0.1, 0.15) is 110 Å². The maximum absolute atomic E-state index is 13.2. The first-order valence-electron chi connectivity index (χ1n) is 16.3. The number of Topliss-reactive ketones (excluding diaryl/α,β-unsaturated/α-hetero) is 1. The molecule has 0 saturated carbocycles. The molecule has 1 rings (SSSR count). The number of carbonyl (C=O) groups is 5. The van der Waals surface area contributed by atoms with E-state index in [1.807, 2.05) is 0 Å². The molecule has 45 heavy (non-hydrogen) atoms. The van der Waals surface area contributed by atoms with Crippen LogP contribution < -0.4 is 10.1 Å². The van der Waals surface area contributed by atoms with E-state index in [-0.39, 0.29) is 6.42 Å². The first kappa shape index (κ1) is 39.3. The van der Waals surface area contributed by atoms with Gasteiger partial charge < -0.3 is 25.4 Å². The van der Waals surface area contributed by atoms with E-state index in [2.05, 4.69) is 26.1 Å². The number of ketones is 1. The highest BCUT2D eigenvalue weighted by molar-refractivity contribution is 5.91. The number of rotatable bonds is 26. The van der Waals surface area contributed by atoms with Crippen molar-refractivity contribution in [2.24, 2.45) is 17.8 Å².